The molecule has 0 aliphatic heterocycles. The Morgan fingerprint density at radius 2 is 2.21 bits per heavy atom. The molecule has 1 amide bonds. The first-order chi connectivity index (χ1) is 9.19. The molecule has 3 nitrogen and oxygen atoms in total. The molecule has 0 bridgehead atoms. The number of rotatable bonds is 5. The molecule has 0 saturated carbocycles. The predicted octanol–water partition coefficient (Wildman–Crippen LogP) is 2.09. The van der Waals surface area contributed by atoms with Gasteiger partial charge >= 0.3 is 0 Å². The van der Waals surface area contributed by atoms with E-state index in [1.807, 2.05) is 0 Å². The molecule has 0 heterocycles. The maximum Gasteiger partial charge on any atom is 0.252 e. The summed E-state index contributed by atoms with van der Waals surface area (Å²) in [6.07, 6.45) is 3.01. The Morgan fingerprint density at radius 3 is 2.89 bits per heavy atom. The van der Waals surface area contributed by atoms with Crippen LogP contribution in [0, 0.1) is 17.7 Å². The summed E-state index contributed by atoms with van der Waals surface area (Å²) >= 11 is 0. The summed E-state index contributed by atoms with van der Waals surface area (Å²) in [5.74, 6) is 4.29. The van der Waals surface area contributed by atoms with Crippen molar-refractivity contribution in [1.29, 1.82) is 0 Å². The van der Waals surface area contributed by atoms with E-state index >= 15 is 0 Å². The molecule has 0 fully saturated rings. The van der Waals surface area contributed by atoms with Crippen molar-refractivity contribution >= 4 is 5.91 Å². The molecule has 19 heavy (non-hydrogen) atoms. The van der Waals surface area contributed by atoms with Gasteiger partial charge in [0.05, 0.1) is 5.56 Å². The first kappa shape index (κ1) is 15.2. The topological polar surface area (TPSA) is 49.3 Å². The summed E-state index contributed by atoms with van der Waals surface area (Å²) < 4.78 is 13.2. The Bertz CT molecular complexity index is 489. The van der Waals surface area contributed by atoms with Gasteiger partial charge in [0.25, 0.3) is 5.91 Å². The number of nitrogens with one attached hydrogen (secondary N) is 1. The van der Waals surface area contributed by atoms with Crippen molar-refractivity contribution in [2.45, 2.75) is 26.2 Å². The fourth-order valence-electron chi connectivity index (χ4n) is 1.62. The minimum atomic E-state index is -0.478. The summed E-state index contributed by atoms with van der Waals surface area (Å²) in [5, 5.41) is 11.4. The molecule has 0 atom stereocenters. The van der Waals surface area contributed by atoms with E-state index in [9.17, 15) is 9.18 Å². The van der Waals surface area contributed by atoms with Gasteiger partial charge in [0.15, 0.2) is 0 Å². The van der Waals surface area contributed by atoms with Gasteiger partial charge in [-0.3, -0.25) is 4.79 Å². The second-order valence-electron chi connectivity index (χ2n) is 4.11. The number of hydrogen-bond donors (Lipinski definition) is 2. The van der Waals surface area contributed by atoms with Crippen LogP contribution in [0.4, 0.5) is 4.39 Å². The van der Waals surface area contributed by atoms with Crippen LogP contribution in [0.25, 0.3) is 0 Å². The lowest BCUT2D eigenvalue weighted by atomic mass is 10.1. The van der Waals surface area contributed by atoms with Crippen molar-refractivity contribution in [1.82, 2.24) is 5.32 Å². The zero-order valence-corrected chi connectivity index (χ0v) is 11.0. The maximum atomic E-state index is 13.2. The lowest BCUT2D eigenvalue weighted by Gasteiger charge is -2.07. The number of aliphatic hydroxyl groups excluding tert-OH is 1. The monoisotopic (exact) mass is 263 g/mol. The first-order valence-corrected chi connectivity index (χ1v) is 6.36. The molecule has 0 spiro atoms. The van der Waals surface area contributed by atoms with Gasteiger partial charge in [0.2, 0.25) is 0 Å². The number of unbranched alkanes of at least 4 members (excludes halogenated alkanes) is 2. The van der Waals surface area contributed by atoms with Gasteiger partial charge in [0.1, 0.15) is 12.4 Å². The molecular weight excluding hydrogens is 245 g/mol. The van der Waals surface area contributed by atoms with Crippen LogP contribution in [-0.2, 0) is 0 Å². The van der Waals surface area contributed by atoms with Crippen molar-refractivity contribution in [2.24, 2.45) is 0 Å². The molecule has 102 valence electrons. The van der Waals surface area contributed by atoms with Crippen LogP contribution in [-0.4, -0.2) is 24.2 Å². The second kappa shape index (κ2) is 8.28. The van der Waals surface area contributed by atoms with E-state index in [0.29, 0.717) is 12.1 Å². The molecule has 0 saturated heterocycles. The first-order valence-electron chi connectivity index (χ1n) is 6.36. The van der Waals surface area contributed by atoms with Crippen LogP contribution in [0.15, 0.2) is 18.2 Å². The third-order valence-corrected chi connectivity index (χ3v) is 2.59. The van der Waals surface area contributed by atoms with Crippen LogP contribution in [0.3, 0.4) is 0 Å². The third kappa shape index (κ3) is 5.11. The molecule has 0 aliphatic carbocycles. The highest BCUT2D eigenvalue weighted by Crippen LogP contribution is 2.10. The number of benzene rings is 1. The Kier molecular flexibility index (Phi) is 6.62. The standard InChI is InChI=1S/C15H18FNO2/c1-2-3-4-9-17-15(19)14-11-13(16)8-7-12(14)6-5-10-18/h7-8,11,18H,2-4,9-10H2,1H3,(H,17,19). The fraction of sp³-hybridized carbons (Fsp3) is 0.400. The number of carbonyl (C=O) groups excluding carboxylic acids is 1. The Hall–Kier alpha value is -1.86. The van der Waals surface area contributed by atoms with Crippen molar-refractivity contribution in [3.05, 3.63) is 35.1 Å². The van der Waals surface area contributed by atoms with E-state index in [-0.39, 0.29) is 18.1 Å². The molecule has 0 unspecified atom stereocenters. The number of halogens is 1. The average Bonchev–Trinajstić information content (AvgIpc) is 2.42. The van der Waals surface area contributed by atoms with Gasteiger partial charge in [-0.05, 0) is 24.6 Å². The summed E-state index contributed by atoms with van der Waals surface area (Å²) in [4.78, 5) is 11.9. The number of aliphatic hydroxyl groups is 1. The van der Waals surface area contributed by atoms with Crippen LogP contribution >= 0.6 is 0 Å². The lowest BCUT2D eigenvalue weighted by molar-refractivity contribution is 0.0952. The van der Waals surface area contributed by atoms with Crippen molar-refractivity contribution in [2.75, 3.05) is 13.2 Å². The van der Waals surface area contributed by atoms with Crippen LogP contribution in [0.5, 0.6) is 0 Å². The molecule has 0 aromatic heterocycles. The summed E-state index contributed by atoms with van der Waals surface area (Å²) in [5.41, 5.74) is 0.626. The normalized spacial score (nSPS) is 9.63. The highest BCUT2D eigenvalue weighted by atomic mass is 19.1. The second-order valence-corrected chi connectivity index (χ2v) is 4.11. The zero-order chi connectivity index (χ0) is 14.1. The van der Waals surface area contributed by atoms with Gasteiger partial charge < -0.3 is 10.4 Å². The average molecular weight is 263 g/mol. The predicted molar refractivity (Wildman–Crippen MR) is 72.2 cm³/mol. The highest BCUT2D eigenvalue weighted by molar-refractivity contribution is 5.96. The maximum absolute atomic E-state index is 13.2. The SMILES string of the molecule is CCCCCNC(=O)c1cc(F)ccc1C#CCO. The molecule has 0 aliphatic rings. The van der Waals surface area contributed by atoms with E-state index in [4.69, 9.17) is 5.11 Å². The zero-order valence-electron chi connectivity index (χ0n) is 11.0. The number of carbonyl (C=O) groups is 1. The molecule has 1 aromatic rings. The summed E-state index contributed by atoms with van der Waals surface area (Å²) in [6.45, 7) is 2.35. The van der Waals surface area contributed by atoms with E-state index in [1.165, 1.54) is 12.1 Å². The van der Waals surface area contributed by atoms with Gasteiger partial charge in [-0.2, -0.15) is 0 Å². The number of amides is 1. The molecule has 2 N–H and O–H groups in total. The third-order valence-electron chi connectivity index (χ3n) is 2.59. The Balaban J connectivity index is 2.79. The van der Waals surface area contributed by atoms with Gasteiger partial charge in [-0.25, -0.2) is 4.39 Å². The van der Waals surface area contributed by atoms with Crippen molar-refractivity contribution < 1.29 is 14.3 Å². The minimum Gasteiger partial charge on any atom is -0.384 e. The smallest absolute Gasteiger partial charge is 0.252 e. The van der Waals surface area contributed by atoms with E-state index < -0.39 is 5.82 Å². The van der Waals surface area contributed by atoms with Gasteiger partial charge in [-0.15, -0.1) is 0 Å². The summed E-state index contributed by atoms with van der Waals surface area (Å²) in [7, 11) is 0. The molecular formula is C15H18FNO2. The molecule has 4 heteroatoms. The molecule has 0 radical (unpaired) electrons. The van der Waals surface area contributed by atoms with Gasteiger partial charge in [-0.1, -0.05) is 31.6 Å². The Labute approximate surface area is 112 Å². The fourth-order valence-corrected chi connectivity index (χ4v) is 1.62. The van der Waals surface area contributed by atoms with Crippen molar-refractivity contribution in [3.8, 4) is 11.8 Å². The number of hydrogen-bond acceptors (Lipinski definition) is 2. The lowest BCUT2D eigenvalue weighted by Crippen LogP contribution is -2.25. The van der Waals surface area contributed by atoms with Crippen molar-refractivity contribution in [3.63, 3.8) is 0 Å². The summed E-state index contributed by atoms with van der Waals surface area (Å²) in [6, 6.07) is 3.85. The Morgan fingerprint density at radius 1 is 1.42 bits per heavy atom. The minimum absolute atomic E-state index is 0.206. The largest absolute Gasteiger partial charge is 0.384 e. The van der Waals surface area contributed by atoms with E-state index in [0.717, 1.165) is 25.3 Å². The van der Waals surface area contributed by atoms with E-state index in [1.54, 1.807) is 0 Å². The van der Waals surface area contributed by atoms with Gasteiger partial charge in [0, 0.05) is 12.1 Å². The quantitative estimate of drug-likeness (QED) is 0.631. The van der Waals surface area contributed by atoms with E-state index in [2.05, 4.69) is 24.1 Å². The van der Waals surface area contributed by atoms with Crippen LogP contribution < -0.4 is 5.32 Å². The molecule has 1 aromatic carbocycles. The van der Waals surface area contributed by atoms with Crippen LogP contribution in [0.2, 0.25) is 0 Å². The highest BCUT2D eigenvalue weighted by Gasteiger charge is 2.10. The van der Waals surface area contributed by atoms with Crippen LogP contribution in [0.1, 0.15) is 42.1 Å². The molecule has 1 rings (SSSR count).